The molecule has 0 aliphatic heterocycles. The molecule has 0 unspecified atom stereocenters. The highest BCUT2D eigenvalue weighted by atomic mass is 16.1. The summed E-state index contributed by atoms with van der Waals surface area (Å²) in [4.78, 5) is 12.0. The highest BCUT2D eigenvalue weighted by Gasteiger charge is 2.08. The molecule has 0 spiro atoms. The van der Waals surface area contributed by atoms with E-state index in [0.29, 0.717) is 13.0 Å². The largest absolute Gasteiger partial charge is 0.352 e. The molecule has 1 aromatic carbocycles. The van der Waals surface area contributed by atoms with Gasteiger partial charge in [-0.25, -0.2) is 0 Å². The van der Waals surface area contributed by atoms with Gasteiger partial charge in [0.05, 0.1) is 0 Å². The molecule has 2 rings (SSSR count). The molecular weight excluding hydrogens is 272 g/mol. The van der Waals surface area contributed by atoms with Crippen LogP contribution in [-0.2, 0) is 31.2 Å². The second kappa shape index (κ2) is 7.30. The summed E-state index contributed by atoms with van der Waals surface area (Å²) in [6.45, 7) is 6.93. The third-order valence-corrected chi connectivity index (χ3v) is 4.43. The van der Waals surface area contributed by atoms with Crippen LogP contribution >= 0.6 is 0 Å². The van der Waals surface area contributed by atoms with Gasteiger partial charge in [-0.15, -0.1) is 0 Å². The van der Waals surface area contributed by atoms with Crippen molar-refractivity contribution in [3.8, 4) is 0 Å². The quantitative estimate of drug-likeness (QED) is 0.870. The lowest BCUT2D eigenvalue weighted by atomic mass is 10.1. The number of carbonyl (C=O) groups is 1. The predicted molar refractivity (Wildman–Crippen MR) is 90.9 cm³/mol. The maximum atomic E-state index is 12.0. The summed E-state index contributed by atoms with van der Waals surface area (Å²) in [6.07, 6.45) is 2.38. The summed E-state index contributed by atoms with van der Waals surface area (Å²) >= 11 is 0. The summed E-state index contributed by atoms with van der Waals surface area (Å²) in [7, 11) is 2.05. The predicted octanol–water partition coefficient (Wildman–Crippen LogP) is 3.45. The lowest BCUT2D eigenvalue weighted by Crippen LogP contribution is -2.23. The van der Waals surface area contributed by atoms with Gasteiger partial charge in [0, 0.05) is 31.4 Å². The van der Waals surface area contributed by atoms with Gasteiger partial charge in [0.1, 0.15) is 0 Å². The van der Waals surface area contributed by atoms with Crippen molar-refractivity contribution in [1.29, 1.82) is 0 Å². The van der Waals surface area contributed by atoms with Crippen molar-refractivity contribution in [2.45, 2.75) is 46.6 Å². The molecule has 0 fully saturated rings. The third-order valence-electron chi connectivity index (χ3n) is 4.43. The molecule has 3 nitrogen and oxygen atoms in total. The minimum Gasteiger partial charge on any atom is -0.352 e. The van der Waals surface area contributed by atoms with E-state index in [4.69, 9.17) is 0 Å². The summed E-state index contributed by atoms with van der Waals surface area (Å²) < 4.78 is 2.15. The normalized spacial score (nSPS) is 10.7. The molecule has 3 heteroatoms. The van der Waals surface area contributed by atoms with Crippen molar-refractivity contribution < 1.29 is 4.79 Å². The molecule has 2 aromatic rings. The minimum atomic E-state index is 0.112. The first kappa shape index (κ1) is 16.3. The van der Waals surface area contributed by atoms with Gasteiger partial charge in [0.15, 0.2) is 0 Å². The molecule has 0 aliphatic rings. The third kappa shape index (κ3) is 4.00. The van der Waals surface area contributed by atoms with E-state index in [2.05, 4.69) is 68.0 Å². The molecule has 1 heterocycles. The Bertz CT molecular complexity index is 638. The lowest BCUT2D eigenvalue weighted by Gasteiger charge is -2.06. The van der Waals surface area contributed by atoms with Gasteiger partial charge >= 0.3 is 0 Å². The second-order valence-corrected chi connectivity index (χ2v) is 5.90. The first-order chi connectivity index (χ1) is 10.5. The molecule has 22 heavy (non-hydrogen) atoms. The Morgan fingerprint density at radius 2 is 1.77 bits per heavy atom. The first-order valence-electron chi connectivity index (χ1n) is 7.97. The van der Waals surface area contributed by atoms with Gasteiger partial charge in [-0.2, -0.15) is 0 Å². The number of rotatable bonds is 6. The van der Waals surface area contributed by atoms with Gasteiger partial charge in [0.2, 0.25) is 5.91 Å². The number of hydrogen-bond donors (Lipinski definition) is 1. The Morgan fingerprint density at radius 3 is 2.32 bits per heavy atom. The second-order valence-electron chi connectivity index (χ2n) is 5.90. The fourth-order valence-corrected chi connectivity index (χ4v) is 2.59. The van der Waals surface area contributed by atoms with E-state index in [-0.39, 0.29) is 5.91 Å². The zero-order valence-corrected chi connectivity index (χ0v) is 14.1. The van der Waals surface area contributed by atoms with E-state index < -0.39 is 0 Å². The number of aryl methyl sites for hydroxylation is 3. The Hall–Kier alpha value is -2.03. The van der Waals surface area contributed by atoms with Crippen molar-refractivity contribution in [3.05, 3.63) is 58.4 Å². The number of nitrogens with zero attached hydrogens (tertiary/aromatic N) is 1. The summed E-state index contributed by atoms with van der Waals surface area (Å²) in [5, 5.41) is 3.02. The average molecular weight is 298 g/mol. The van der Waals surface area contributed by atoms with Gasteiger partial charge in [-0.1, -0.05) is 31.2 Å². The molecule has 118 valence electrons. The van der Waals surface area contributed by atoms with Crippen LogP contribution in [0.4, 0.5) is 0 Å². The fourth-order valence-electron chi connectivity index (χ4n) is 2.59. The van der Waals surface area contributed by atoms with Crippen LogP contribution in [0.3, 0.4) is 0 Å². The Kier molecular flexibility index (Phi) is 5.42. The number of amides is 1. The molecule has 0 saturated carbocycles. The Morgan fingerprint density at radius 1 is 1.14 bits per heavy atom. The van der Waals surface area contributed by atoms with Crippen LogP contribution in [0, 0.1) is 13.8 Å². The van der Waals surface area contributed by atoms with Crippen LogP contribution < -0.4 is 5.32 Å². The number of hydrogen-bond acceptors (Lipinski definition) is 1. The monoisotopic (exact) mass is 298 g/mol. The molecule has 0 atom stereocenters. The lowest BCUT2D eigenvalue weighted by molar-refractivity contribution is -0.121. The molecular formula is C19H26N2O. The molecule has 1 aromatic heterocycles. The number of benzene rings is 1. The molecule has 0 bridgehead atoms. The number of aromatic nitrogens is 1. The van der Waals surface area contributed by atoms with Gasteiger partial charge < -0.3 is 9.88 Å². The standard InChI is InChI=1S/C19H26N2O/c1-5-16-6-8-17(9-7-16)10-11-19(22)20-13-18-12-14(2)21(4)15(18)3/h6-9,12H,5,10-11,13H2,1-4H3,(H,20,22). The first-order valence-corrected chi connectivity index (χ1v) is 7.97. The van der Waals surface area contributed by atoms with Crippen molar-refractivity contribution in [1.82, 2.24) is 9.88 Å². The number of carbonyl (C=O) groups excluding carboxylic acids is 1. The van der Waals surface area contributed by atoms with Crippen LogP contribution in [0.5, 0.6) is 0 Å². The molecule has 1 N–H and O–H groups in total. The van der Waals surface area contributed by atoms with E-state index in [1.807, 2.05) is 0 Å². The zero-order chi connectivity index (χ0) is 16.1. The summed E-state index contributed by atoms with van der Waals surface area (Å²) in [5.74, 6) is 0.112. The Balaban J connectivity index is 1.81. The summed E-state index contributed by atoms with van der Waals surface area (Å²) in [5.41, 5.74) is 6.19. The van der Waals surface area contributed by atoms with Crippen molar-refractivity contribution in [2.24, 2.45) is 7.05 Å². The minimum absolute atomic E-state index is 0.112. The van der Waals surface area contributed by atoms with Gasteiger partial charge in [-0.05, 0) is 49.4 Å². The molecule has 0 radical (unpaired) electrons. The van der Waals surface area contributed by atoms with Crippen LogP contribution in [0.15, 0.2) is 30.3 Å². The highest BCUT2D eigenvalue weighted by molar-refractivity contribution is 5.76. The fraction of sp³-hybridized carbons (Fsp3) is 0.421. The SMILES string of the molecule is CCc1ccc(CCC(=O)NCc2cc(C)n(C)c2C)cc1. The highest BCUT2D eigenvalue weighted by Crippen LogP contribution is 2.13. The Labute approximate surface area is 133 Å². The van der Waals surface area contributed by atoms with E-state index in [1.165, 1.54) is 28.1 Å². The van der Waals surface area contributed by atoms with Crippen LogP contribution in [0.2, 0.25) is 0 Å². The van der Waals surface area contributed by atoms with Gasteiger partial charge in [0.25, 0.3) is 0 Å². The van der Waals surface area contributed by atoms with Crippen molar-refractivity contribution in [3.63, 3.8) is 0 Å². The average Bonchev–Trinajstić information content (AvgIpc) is 2.78. The maximum absolute atomic E-state index is 12.0. The molecule has 1 amide bonds. The number of nitrogens with one attached hydrogen (secondary N) is 1. The smallest absolute Gasteiger partial charge is 0.220 e. The van der Waals surface area contributed by atoms with Crippen molar-refractivity contribution in [2.75, 3.05) is 0 Å². The van der Waals surface area contributed by atoms with E-state index >= 15 is 0 Å². The van der Waals surface area contributed by atoms with E-state index in [1.54, 1.807) is 0 Å². The van der Waals surface area contributed by atoms with Crippen LogP contribution in [0.25, 0.3) is 0 Å². The maximum Gasteiger partial charge on any atom is 0.220 e. The van der Waals surface area contributed by atoms with Crippen LogP contribution in [-0.4, -0.2) is 10.5 Å². The van der Waals surface area contributed by atoms with E-state index in [0.717, 1.165) is 12.8 Å². The molecule has 0 aliphatic carbocycles. The van der Waals surface area contributed by atoms with Gasteiger partial charge in [-0.3, -0.25) is 4.79 Å². The molecule has 0 saturated heterocycles. The van der Waals surface area contributed by atoms with Crippen molar-refractivity contribution >= 4 is 5.91 Å². The summed E-state index contributed by atoms with van der Waals surface area (Å²) in [6, 6.07) is 10.7. The van der Waals surface area contributed by atoms with Crippen LogP contribution in [0.1, 0.15) is 41.4 Å². The zero-order valence-electron chi connectivity index (χ0n) is 14.1. The topological polar surface area (TPSA) is 34.0 Å². The van der Waals surface area contributed by atoms with E-state index in [9.17, 15) is 4.79 Å².